The third-order valence-corrected chi connectivity index (χ3v) is 6.13. The molecule has 3 aliphatic rings. The highest BCUT2D eigenvalue weighted by Gasteiger charge is 2.52. The number of ketones is 1. The van der Waals surface area contributed by atoms with Crippen LogP contribution >= 0.6 is 0 Å². The van der Waals surface area contributed by atoms with Gasteiger partial charge in [0.2, 0.25) is 0 Å². The van der Waals surface area contributed by atoms with Crippen LogP contribution in [0.25, 0.3) is 0 Å². The Morgan fingerprint density at radius 1 is 1.29 bits per heavy atom. The predicted molar refractivity (Wildman–Crippen MR) is 95.4 cm³/mol. The van der Waals surface area contributed by atoms with Crippen LogP contribution in [0, 0.1) is 11.8 Å². The predicted octanol–water partition coefficient (Wildman–Crippen LogP) is 4.47. The lowest BCUT2D eigenvalue weighted by Gasteiger charge is -2.43. The Balaban J connectivity index is 1.82. The average molecular weight is 330 g/mol. The van der Waals surface area contributed by atoms with Crippen LogP contribution in [0.3, 0.4) is 0 Å². The number of carbonyl (C=O) groups is 1. The van der Waals surface area contributed by atoms with E-state index in [1.165, 1.54) is 11.1 Å². The number of hydrogen-bond acceptors (Lipinski definition) is 3. The van der Waals surface area contributed by atoms with Crippen molar-refractivity contribution in [2.45, 2.75) is 77.9 Å². The number of hydrogen-bond donors (Lipinski definition) is 1. The zero-order chi connectivity index (χ0) is 17.5. The van der Waals surface area contributed by atoms with Crippen molar-refractivity contribution in [2.75, 3.05) is 0 Å². The van der Waals surface area contributed by atoms with Crippen molar-refractivity contribution in [3.63, 3.8) is 0 Å². The first kappa shape index (κ1) is 17.5. The van der Waals surface area contributed by atoms with E-state index in [1.807, 2.05) is 0 Å². The zero-order valence-corrected chi connectivity index (χ0v) is 15.4. The van der Waals surface area contributed by atoms with Gasteiger partial charge in [-0.2, -0.15) is 0 Å². The summed E-state index contributed by atoms with van der Waals surface area (Å²) in [7, 11) is 0. The molecule has 3 nitrogen and oxygen atoms in total. The highest BCUT2D eigenvalue weighted by Crippen LogP contribution is 2.53. The molecule has 3 rings (SSSR count). The normalized spacial score (nSPS) is 36.1. The average Bonchev–Trinajstić information content (AvgIpc) is 2.85. The number of Topliss-reactive ketones (excluding diaryl/α,β-unsaturated/α-hetero) is 1. The second-order valence-corrected chi connectivity index (χ2v) is 8.16. The molecular formula is C21H30O3. The summed E-state index contributed by atoms with van der Waals surface area (Å²) in [6.45, 7) is 8.68. The second-order valence-electron chi connectivity index (χ2n) is 8.16. The molecule has 0 radical (unpaired) electrons. The summed E-state index contributed by atoms with van der Waals surface area (Å²) in [4.78, 5) is 12.4. The molecule has 0 aromatic rings. The van der Waals surface area contributed by atoms with Gasteiger partial charge in [-0.25, -0.2) is 0 Å². The van der Waals surface area contributed by atoms with Gasteiger partial charge in [-0.3, -0.25) is 4.79 Å². The van der Waals surface area contributed by atoms with Gasteiger partial charge in [-0.05, 0) is 65.7 Å². The van der Waals surface area contributed by atoms with Crippen LogP contribution in [0.5, 0.6) is 0 Å². The summed E-state index contributed by atoms with van der Waals surface area (Å²) in [6, 6.07) is 0. The van der Waals surface area contributed by atoms with Crippen LogP contribution in [-0.4, -0.2) is 22.6 Å². The van der Waals surface area contributed by atoms with Crippen molar-refractivity contribution in [2.24, 2.45) is 11.8 Å². The van der Waals surface area contributed by atoms with Crippen LogP contribution in [-0.2, 0) is 9.53 Å². The van der Waals surface area contributed by atoms with Gasteiger partial charge in [-0.1, -0.05) is 23.3 Å². The van der Waals surface area contributed by atoms with Crippen molar-refractivity contribution in [3.8, 4) is 0 Å². The molecule has 3 heteroatoms. The molecule has 1 heterocycles. The maximum absolute atomic E-state index is 12.4. The number of ether oxygens (including phenoxy) is 1. The number of aliphatic hydroxyl groups excluding tert-OH is 1. The molecule has 132 valence electrons. The van der Waals surface area contributed by atoms with E-state index < -0.39 is 6.10 Å². The molecule has 0 unspecified atom stereocenters. The highest BCUT2D eigenvalue weighted by atomic mass is 16.5. The highest BCUT2D eigenvalue weighted by molar-refractivity contribution is 6.00. The quantitative estimate of drug-likeness (QED) is 0.777. The molecule has 1 saturated carbocycles. The first-order valence-corrected chi connectivity index (χ1v) is 9.25. The van der Waals surface area contributed by atoms with Gasteiger partial charge < -0.3 is 9.84 Å². The maximum atomic E-state index is 12.4. The van der Waals surface area contributed by atoms with E-state index >= 15 is 0 Å². The molecule has 0 amide bonds. The lowest BCUT2D eigenvalue weighted by Crippen LogP contribution is -2.43. The Kier molecular flexibility index (Phi) is 4.74. The van der Waals surface area contributed by atoms with Gasteiger partial charge in [0.15, 0.2) is 5.78 Å². The Morgan fingerprint density at radius 2 is 2.04 bits per heavy atom. The van der Waals surface area contributed by atoms with E-state index in [9.17, 15) is 9.90 Å². The first-order chi connectivity index (χ1) is 11.3. The summed E-state index contributed by atoms with van der Waals surface area (Å²) in [5.41, 5.74) is 3.36. The Bertz CT molecular complexity index is 621. The molecular weight excluding hydrogens is 300 g/mol. The van der Waals surface area contributed by atoms with E-state index in [2.05, 4.69) is 39.8 Å². The minimum absolute atomic E-state index is 0.102. The Hall–Kier alpha value is -1.35. The molecule has 4 atom stereocenters. The van der Waals surface area contributed by atoms with E-state index in [4.69, 9.17) is 4.74 Å². The minimum atomic E-state index is -0.828. The van der Waals surface area contributed by atoms with Crippen LogP contribution in [0.2, 0.25) is 0 Å². The molecule has 0 saturated heterocycles. The lowest BCUT2D eigenvalue weighted by molar-refractivity contribution is -0.128. The van der Waals surface area contributed by atoms with E-state index in [0.717, 1.165) is 37.0 Å². The second kappa shape index (κ2) is 6.51. The summed E-state index contributed by atoms with van der Waals surface area (Å²) in [5, 5.41) is 9.91. The summed E-state index contributed by atoms with van der Waals surface area (Å²) < 4.78 is 6.35. The molecule has 0 aromatic carbocycles. The van der Waals surface area contributed by atoms with Crippen LogP contribution in [0.15, 0.2) is 34.6 Å². The summed E-state index contributed by atoms with van der Waals surface area (Å²) in [6.07, 6.45) is 8.85. The van der Waals surface area contributed by atoms with Crippen LogP contribution in [0.1, 0.15) is 66.2 Å². The fraction of sp³-hybridized carbons (Fsp3) is 0.667. The number of fused-ring (bicyclic) bond motifs is 1. The molecule has 1 aliphatic heterocycles. The number of allylic oxidation sites excluding steroid dienone is 5. The lowest BCUT2D eigenvalue weighted by atomic mass is 9.74. The summed E-state index contributed by atoms with van der Waals surface area (Å²) >= 11 is 0. The Morgan fingerprint density at radius 3 is 2.75 bits per heavy atom. The largest absolute Gasteiger partial charge is 0.491 e. The third-order valence-electron chi connectivity index (χ3n) is 6.13. The van der Waals surface area contributed by atoms with Crippen molar-refractivity contribution in [1.29, 1.82) is 0 Å². The van der Waals surface area contributed by atoms with E-state index in [0.29, 0.717) is 24.7 Å². The molecule has 1 fully saturated rings. The maximum Gasteiger partial charge on any atom is 0.190 e. The fourth-order valence-electron chi connectivity index (χ4n) is 4.63. The fourth-order valence-corrected chi connectivity index (χ4v) is 4.63. The van der Waals surface area contributed by atoms with Gasteiger partial charge in [-0.15, -0.1) is 0 Å². The monoisotopic (exact) mass is 330 g/mol. The van der Waals surface area contributed by atoms with Gasteiger partial charge in [0, 0.05) is 17.9 Å². The minimum Gasteiger partial charge on any atom is -0.491 e. The number of carbonyl (C=O) groups excluding carboxylic acids is 1. The van der Waals surface area contributed by atoms with Crippen molar-refractivity contribution in [3.05, 3.63) is 34.6 Å². The first-order valence-electron chi connectivity index (χ1n) is 9.25. The molecule has 24 heavy (non-hydrogen) atoms. The standard InChI is InChI=1S/C21H30O3/c1-13(2)6-5-7-14(3)15-10-11-21(4)17(15)12-16-19(24-21)9-8-18(22)20(16)23/h6-7,15,17-18,22H,5,8-12H2,1-4H3/b14-7-/t15-,17-,18+,21+/m0/s1. The molecule has 0 bridgehead atoms. The van der Waals surface area contributed by atoms with Gasteiger partial charge in [0.05, 0.1) is 0 Å². The van der Waals surface area contributed by atoms with Crippen LogP contribution < -0.4 is 0 Å². The summed E-state index contributed by atoms with van der Waals surface area (Å²) in [5.74, 6) is 1.57. The Labute approximate surface area is 145 Å². The smallest absolute Gasteiger partial charge is 0.190 e. The molecule has 2 aliphatic carbocycles. The number of rotatable bonds is 3. The van der Waals surface area contributed by atoms with Gasteiger partial charge in [0.1, 0.15) is 17.5 Å². The SMILES string of the molecule is CC(C)=CC/C=C(/C)[C@@H]1CC[C@@]2(C)OC3=C(C[C@@H]12)C(=O)[C@H](O)CC3. The van der Waals surface area contributed by atoms with Crippen molar-refractivity contribution >= 4 is 5.78 Å². The molecule has 1 N–H and O–H groups in total. The van der Waals surface area contributed by atoms with Crippen molar-refractivity contribution < 1.29 is 14.6 Å². The van der Waals surface area contributed by atoms with Gasteiger partial charge >= 0.3 is 0 Å². The molecule has 0 aromatic heterocycles. The third kappa shape index (κ3) is 3.11. The van der Waals surface area contributed by atoms with E-state index in [-0.39, 0.29) is 11.4 Å². The zero-order valence-electron chi connectivity index (χ0n) is 15.4. The van der Waals surface area contributed by atoms with Crippen molar-refractivity contribution in [1.82, 2.24) is 0 Å². The van der Waals surface area contributed by atoms with E-state index in [1.54, 1.807) is 0 Å². The van der Waals surface area contributed by atoms with Gasteiger partial charge in [0.25, 0.3) is 0 Å². The number of aliphatic hydroxyl groups is 1. The molecule has 0 spiro atoms. The topological polar surface area (TPSA) is 46.5 Å². The van der Waals surface area contributed by atoms with Crippen LogP contribution in [0.4, 0.5) is 0 Å².